The minimum atomic E-state index is -0.464. The first-order valence-electron chi connectivity index (χ1n) is 21.7. The van der Waals surface area contributed by atoms with Crippen LogP contribution in [-0.2, 0) is 5.41 Å². The molecular weight excluding hydrogens is 761 g/mol. The Hall–Kier alpha value is -8.20. The van der Waals surface area contributed by atoms with E-state index in [0.717, 1.165) is 33.5 Å². The van der Waals surface area contributed by atoms with Crippen LogP contribution in [0.25, 0.3) is 88.8 Å². The Labute approximate surface area is 367 Å². The van der Waals surface area contributed by atoms with E-state index in [1.54, 1.807) is 0 Å². The third-order valence-corrected chi connectivity index (χ3v) is 13.0. The van der Waals surface area contributed by atoms with Gasteiger partial charge in [-0.2, -0.15) is 0 Å². The molecule has 0 radical (unpaired) electrons. The van der Waals surface area contributed by atoms with Crippen LogP contribution in [-0.4, -0.2) is 9.97 Å². The largest absolute Gasteiger partial charge is 0.228 e. The lowest BCUT2D eigenvalue weighted by atomic mass is 9.67. The van der Waals surface area contributed by atoms with Crippen LogP contribution in [0.2, 0.25) is 0 Å². The molecule has 1 aliphatic carbocycles. The summed E-state index contributed by atoms with van der Waals surface area (Å²) >= 11 is 0. The predicted molar refractivity (Wildman–Crippen MR) is 262 cm³/mol. The van der Waals surface area contributed by atoms with Gasteiger partial charge in [0.15, 0.2) is 5.82 Å². The van der Waals surface area contributed by atoms with Crippen molar-refractivity contribution in [3.63, 3.8) is 0 Å². The van der Waals surface area contributed by atoms with Crippen molar-refractivity contribution in [2.45, 2.75) is 5.41 Å². The molecule has 1 heterocycles. The van der Waals surface area contributed by atoms with Gasteiger partial charge in [0, 0.05) is 16.7 Å². The summed E-state index contributed by atoms with van der Waals surface area (Å²) in [5.74, 6) is 0.710. The van der Waals surface area contributed by atoms with E-state index < -0.39 is 5.41 Å². The van der Waals surface area contributed by atoms with Crippen LogP contribution in [0.1, 0.15) is 22.3 Å². The maximum absolute atomic E-state index is 5.22. The number of aromatic nitrogens is 2. The van der Waals surface area contributed by atoms with Gasteiger partial charge in [-0.3, -0.25) is 0 Å². The molecule has 2 heteroatoms. The number of benzene rings is 10. The third-order valence-electron chi connectivity index (χ3n) is 13.0. The summed E-state index contributed by atoms with van der Waals surface area (Å²) in [6, 6.07) is 87.8. The summed E-state index contributed by atoms with van der Waals surface area (Å²) in [5.41, 5.74) is 17.0. The maximum Gasteiger partial charge on any atom is 0.160 e. The lowest BCUT2D eigenvalue weighted by molar-refractivity contribution is 0.769. The van der Waals surface area contributed by atoms with E-state index >= 15 is 0 Å². The van der Waals surface area contributed by atoms with Crippen LogP contribution in [0.15, 0.2) is 243 Å². The highest BCUT2D eigenvalue weighted by Crippen LogP contribution is 2.57. The van der Waals surface area contributed by atoms with Gasteiger partial charge in [-0.1, -0.05) is 231 Å². The van der Waals surface area contributed by atoms with Gasteiger partial charge in [0.25, 0.3) is 0 Å². The Morgan fingerprint density at radius 3 is 1.30 bits per heavy atom. The van der Waals surface area contributed by atoms with Crippen molar-refractivity contribution in [3.8, 4) is 67.3 Å². The zero-order chi connectivity index (χ0) is 41.7. The van der Waals surface area contributed by atoms with E-state index in [1.165, 1.54) is 71.8 Å². The molecule has 0 aliphatic heterocycles. The molecule has 0 saturated carbocycles. The molecule has 12 rings (SSSR count). The Balaban J connectivity index is 1.02. The molecule has 0 amide bonds. The summed E-state index contributed by atoms with van der Waals surface area (Å²) < 4.78 is 0. The molecule has 0 N–H and O–H groups in total. The minimum Gasteiger partial charge on any atom is -0.228 e. The van der Waals surface area contributed by atoms with Crippen LogP contribution in [0, 0.1) is 0 Å². The van der Waals surface area contributed by atoms with Crippen LogP contribution < -0.4 is 0 Å². The average Bonchev–Trinajstić information content (AvgIpc) is 3.67. The fourth-order valence-electron chi connectivity index (χ4n) is 10.2. The molecule has 0 saturated heterocycles. The summed E-state index contributed by atoms with van der Waals surface area (Å²) in [7, 11) is 0. The number of hydrogen-bond donors (Lipinski definition) is 0. The van der Waals surface area contributed by atoms with Gasteiger partial charge in [0.05, 0.1) is 16.8 Å². The predicted octanol–water partition coefficient (Wildman–Crippen LogP) is 15.5. The van der Waals surface area contributed by atoms with Crippen molar-refractivity contribution < 1.29 is 0 Å². The minimum absolute atomic E-state index is 0.464. The van der Waals surface area contributed by atoms with Gasteiger partial charge < -0.3 is 0 Å². The standard InChI is InChI=1S/C61H40N2/c1-5-19-41(20-6-1)58-40-59(63-60(62-58)42-21-7-2-8-22-42)55-38-37-52(49-29-15-16-30-50(49)55)51-36-35-46(47-27-13-14-28-48(47)51)43-33-34-54-53-31-17-18-32-56(53)61(57(54)39-43,44-23-9-3-10-24-44)45-25-11-4-12-26-45/h1-40H. The Morgan fingerprint density at radius 2 is 0.683 bits per heavy atom. The normalized spacial score (nSPS) is 12.6. The molecule has 1 aliphatic rings. The van der Waals surface area contributed by atoms with Gasteiger partial charge in [-0.15, -0.1) is 0 Å². The summed E-state index contributed by atoms with van der Waals surface area (Å²) in [6.45, 7) is 0. The second kappa shape index (κ2) is 15.1. The molecule has 294 valence electrons. The number of hydrogen-bond acceptors (Lipinski definition) is 2. The first-order chi connectivity index (χ1) is 31.3. The maximum atomic E-state index is 5.22. The van der Waals surface area contributed by atoms with Gasteiger partial charge in [0.2, 0.25) is 0 Å². The van der Waals surface area contributed by atoms with E-state index in [9.17, 15) is 0 Å². The smallest absolute Gasteiger partial charge is 0.160 e. The van der Waals surface area contributed by atoms with Crippen molar-refractivity contribution >= 4 is 21.5 Å². The second-order valence-electron chi connectivity index (χ2n) is 16.4. The molecular formula is C61H40N2. The molecule has 63 heavy (non-hydrogen) atoms. The summed E-state index contributed by atoms with van der Waals surface area (Å²) in [5, 5.41) is 4.77. The molecule has 2 nitrogen and oxygen atoms in total. The van der Waals surface area contributed by atoms with Crippen molar-refractivity contribution in [2.24, 2.45) is 0 Å². The van der Waals surface area contributed by atoms with Gasteiger partial charge >= 0.3 is 0 Å². The number of rotatable bonds is 7. The van der Waals surface area contributed by atoms with Crippen LogP contribution in [0.5, 0.6) is 0 Å². The molecule has 0 fully saturated rings. The highest BCUT2D eigenvalue weighted by atomic mass is 14.9. The average molecular weight is 801 g/mol. The zero-order valence-electron chi connectivity index (χ0n) is 34.5. The fraction of sp³-hybridized carbons (Fsp3) is 0.0164. The van der Waals surface area contributed by atoms with Crippen molar-refractivity contribution in [2.75, 3.05) is 0 Å². The fourth-order valence-corrected chi connectivity index (χ4v) is 10.2. The number of fused-ring (bicyclic) bond motifs is 5. The Kier molecular flexibility index (Phi) is 8.76. The van der Waals surface area contributed by atoms with E-state index in [-0.39, 0.29) is 0 Å². The Bertz CT molecular complexity index is 3390. The van der Waals surface area contributed by atoms with Gasteiger partial charge in [-0.05, 0) is 89.3 Å². The van der Waals surface area contributed by atoms with E-state index in [2.05, 4.69) is 218 Å². The van der Waals surface area contributed by atoms with Crippen LogP contribution in [0.3, 0.4) is 0 Å². The van der Waals surface area contributed by atoms with Crippen LogP contribution in [0.4, 0.5) is 0 Å². The van der Waals surface area contributed by atoms with Crippen molar-refractivity contribution in [1.82, 2.24) is 9.97 Å². The van der Waals surface area contributed by atoms with Crippen molar-refractivity contribution in [1.29, 1.82) is 0 Å². The zero-order valence-corrected chi connectivity index (χ0v) is 34.5. The Morgan fingerprint density at radius 1 is 0.254 bits per heavy atom. The first kappa shape index (κ1) is 36.6. The van der Waals surface area contributed by atoms with Crippen LogP contribution >= 0.6 is 0 Å². The molecule has 10 aromatic carbocycles. The number of nitrogens with zero attached hydrogens (tertiary/aromatic N) is 2. The van der Waals surface area contributed by atoms with E-state index in [1.807, 2.05) is 24.3 Å². The molecule has 0 atom stereocenters. The van der Waals surface area contributed by atoms with Gasteiger partial charge in [0.1, 0.15) is 0 Å². The van der Waals surface area contributed by atoms with E-state index in [4.69, 9.17) is 9.97 Å². The molecule has 0 bridgehead atoms. The third kappa shape index (κ3) is 5.95. The SMILES string of the molecule is c1ccc(-c2cc(-c3ccc(-c4ccc(-c5ccc6c(c5)C(c5ccccc5)(c5ccccc5)c5ccccc5-6)c5ccccc45)c4ccccc34)nc(-c3ccccc3)n2)cc1. The quantitative estimate of drug-likeness (QED) is 0.160. The summed E-state index contributed by atoms with van der Waals surface area (Å²) in [6.07, 6.45) is 0. The molecule has 0 spiro atoms. The molecule has 1 aromatic heterocycles. The summed E-state index contributed by atoms with van der Waals surface area (Å²) in [4.78, 5) is 10.3. The van der Waals surface area contributed by atoms with E-state index in [0.29, 0.717) is 5.82 Å². The molecule has 11 aromatic rings. The highest BCUT2D eigenvalue weighted by Gasteiger charge is 2.46. The highest BCUT2D eigenvalue weighted by molar-refractivity contribution is 6.12. The van der Waals surface area contributed by atoms with Gasteiger partial charge in [-0.25, -0.2) is 9.97 Å². The lowest BCUT2D eigenvalue weighted by Gasteiger charge is -2.34. The molecule has 0 unspecified atom stereocenters. The lowest BCUT2D eigenvalue weighted by Crippen LogP contribution is -2.28. The van der Waals surface area contributed by atoms with Crippen molar-refractivity contribution in [3.05, 3.63) is 265 Å². The monoisotopic (exact) mass is 800 g/mol. The first-order valence-corrected chi connectivity index (χ1v) is 21.7. The second-order valence-corrected chi connectivity index (χ2v) is 16.4. The topological polar surface area (TPSA) is 25.8 Å².